The first-order chi connectivity index (χ1) is 21.1. The number of halogens is 3. The molecule has 5 rings (SSSR count). The lowest BCUT2D eigenvalue weighted by molar-refractivity contribution is -0.183. The summed E-state index contributed by atoms with van der Waals surface area (Å²) >= 11 is 12.7. The highest BCUT2D eigenvalue weighted by atomic mass is 35.5. The zero-order chi connectivity index (χ0) is 31.6. The quantitative estimate of drug-likeness (QED) is 0.195. The summed E-state index contributed by atoms with van der Waals surface area (Å²) in [5.41, 5.74) is 1.52. The number of hydrogen-bond acceptors (Lipinski definition) is 4. The molecule has 44 heavy (non-hydrogen) atoms. The summed E-state index contributed by atoms with van der Waals surface area (Å²) in [6.07, 6.45) is 3.76. The molecule has 3 aromatic rings. The highest BCUT2D eigenvalue weighted by Crippen LogP contribution is 2.46. The lowest BCUT2D eigenvalue weighted by Crippen LogP contribution is -2.59. The first kappa shape index (κ1) is 32.5. The van der Waals surface area contributed by atoms with Gasteiger partial charge in [-0.2, -0.15) is 0 Å². The molecule has 1 saturated heterocycles. The van der Waals surface area contributed by atoms with E-state index in [0.717, 1.165) is 11.1 Å². The number of carbonyl (C=O) groups excluding carboxylic acids is 1. The van der Waals surface area contributed by atoms with Gasteiger partial charge in [0.25, 0.3) is 5.91 Å². The maximum absolute atomic E-state index is 15.2. The van der Waals surface area contributed by atoms with Crippen molar-refractivity contribution in [2.45, 2.75) is 69.6 Å². The van der Waals surface area contributed by atoms with E-state index in [1.165, 1.54) is 22.5 Å². The Kier molecular flexibility index (Phi) is 10.0. The number of nitrogens with zero attached hydrogens (tertiary/aromatic N) is 2. The summed E-state index contributed by atoms with van der Waals surface area (Å²) in [5, 5.41) is 0.486. The van der Waals surface area contributed by atoms with E-state index in [1.54, 1.807) is 29.2 Å². The fourth-order valence-electron chi connectivity index (χ4n) is 5.96. The Labute approximate surface area is 269 Å². The summed E-state index contributed by atoms with van der Waals surface area (Å²) in [6.45, 7) is 5.60. The number of allylic oxidation sites excluding steroid dienone is 1. The van der Waals surface area contributed by atoms with Gasteiger partial charge in [-0.3, -0.25) is 9.10 Å². The topological polar surface area (TPSA) is 66.9 Å². The molecule has 1 aliphatic heterocycles. The lowest BCUT2D eigenvalue weighted by Gasteiger charge is -2.49. The molecular weight excluding hydrogens is 622 g/mol. The Bertz CT molecular complexity index is 1610. The van der Waals surface area contributed by atoms with Crippen LogP contribution in [0.2, 0.25) is 10.0 Å². The summed E-state index contributed by atoms with van der Waals surface area (Å²) < 4.78 is 50.7. The van der Waals surface area contributed by atoms with Gasteiger partial charge in [-0.05, 0) is 73.7 Å². The van der Waals surface area contributed by atoms with E-state index in [9.17, 15) is 13.2 Å². The van der Waals surface area contributed by atoms with E-state index < -0.39 is 45.4 Å². The number of hydrogen-bond donors (Lipinski definition) is 0. The van der Waals surface area contributed by atoms with E-state index in [1.807, 2.05) is 63.3 Å². The Morgan fingerprint density at radius 1 is 1.02 bits per heavy atom. The third-order valence-corrected chi connectivity index (χ3v) is 11.1. The lowest BCUT2D eigenvalue weighted by atomic mass is 9.88. The van der Waals surface area contributed by atoms with E-state index >= 15 is 4.39 Å². The molecule has 0 N–H and O–H groups in total. The normalized spacial score (nSPS) is 22.3. The third kappa shape index (κ3) is 6.69. The molecule has 2 fully saturated rings. The maximum Gasteiger partial charge on any atom is 0.253 e. The molecule has 0 bridgehead atoms. The van der Waals surface area contributed by atoms with Gasteiger partial charge in [-0.1, -0.05) is 85.6 Å². The van der Waals surface area contributed by atoms with Crippen LogP contribution in [0.1, 0.15) is 63.3 Å². The fourth-order valence-corrected chi connectivity index (χ4v) is 8.18. The molecule has 1 amide bonds. The monoisotopic (exact) mass is 658 g/mol. The molecule has 0 radical (unpaired) electrons. The van der Waals surface area contributed by atoms with Crippen molar-refractivity contribution in [3.63, 3.8) is 0 Å². The highest BCUT2D eigenvalue weighted by Gasteiger charge is 2.49. The van der Waals surface area contributed by atoms with Crippen LogP contribution in [-0.2, 0) is 19.6 Å². The van der Waals surface area contributed by atoms with Gasteiger partial charge >= 0.3 is 0 Å². The minimum absolute atomic E-state index is 0.0215. The van der Waals surface area contributed by atoms with Crippen molar-refractivity contribution in [1.82, 2.24) is 4.90 Å². The van der Waals surface area contributed by atoms with Gasteiger partial charge in [0.2, 0.25) is 10.0 Å². The van der Waals surface area contributed by atoms with Crippen molar-refractivity contribution in [1.29, 1.82) is 0 Å². The maximum atomic E-state index is 15.2. The van der Waals surface area contributed by atoms with Gasteiger partial charge in [-0.25, -0.2) is 12.8 Å². The van der Waals surface area contributed by atoms with Crippen LogP contribution in [0.4, 0.5) is 10.1 Å². The molecule has 0 aromatic heterocycles. The summed E-state index contributed by atoms with van der Waals surface area (Å²) in [5.74, 6) is -1.18. The number of carbonyl (C=O) groups is 1. The molecular formula is C34H37Cl2FN2O4S. The van der Waals surface area contributed by atoms with Crippen LogP contribution in [0.15, 0.2) is 84.9 Å². The number of morpholine rings is 1. The largest absolute Gasteiger partial charge is 0.357 e. The van der Waals surface area contributed by atoms with Crippen LogP contribution >= 0.6 is 23.2 Å². The first-order valence-electron chi connectivity index (χ1n) is 14.9. The van der Waals surface area contributed by atoms with Crippen LogP contribution in [0, 0.1) is 11.7 Å². The van der Waals surface area contributed by atoms with Crippen molar-refractivity contribution in [2.24, 2.45) is 5.92 Å². The molecule has 0 unspecified atom stereocenters. The summed E-state index contributed by atoms with van der Waals surface area (Å²) in [7, 11) is -3.88. The number of anilines is 1. The molecule has 1 saturated carbocycles. The smallest absolute Gasteiger partial charge is 0.253 e. The zero-order valence-corrected chi connectivity index (χ0v) is 27.3. The molecule has 10 heteroatoms. The van der Waals surface area contributed by atoms with Crippen molar-refractivity contribution in [2.75, 3.05) is 10.8 Å². The minimum Gasteiger partial charge on any atom is -0.357 e. The standard InChI is InChI=1S/C34H37Cl2FN2O4S/c1-4-9-22(3)32-34(40)39(27(5-2)21-38(44(41,42)28-18-19-28)30-13-7-6-12-29(30)37)31(23-14-16-25(35)17-15-23)33(43-32)24-10-8-11-26(36)20-24/h4,6-17,20,22,27-28,31-33H,5,18-19,21H2,1-3H3/b9-4+/t22-,27+,31+,32+,33+/m0/s1. The Balaban J connectivity index is 1.67. The SMILES string of the molecule is C/C=C/[C@H](C)[C@H]1O[C@H](c2cccc(Cl)c2)[C@@H](c2ccc(Cl)cc2)N([C@H](CC)CN(c2ccccc2F)S(=O)(=O)C2CC2)C1=O. The highest BCUT2D eigenvalue weighted by molar-refractivity contribution is 7.93. The van der Waals surface area contributed by atoms with E-state index in [0.29, 0.717) is 29.3 Å². The minimum atomic E-state index is -3.88. The number of sulfonamides is 1. The van der Waals surface area contributed by atoms with Gasteiger partial charge in [0.1, 0.15) is 18.0 Å². The second-order valence-corrected chi connectivity index (χ2v) is 14.5. The van der Waals surface area contributed by atoms with Crippen molar-refractivity contribution in [3.8, 4) is 0 Å². The molecule has 1 heterocycles. The number of para-hydroxylation sites is 1. The first-order valence-corrected chi connectivity index (χ1v) is 17.2. The van der Waals surface area contributed by atoms with Gasteiger partial charge < -0.3 is 9.64 Å². The second kappa shape index (κ2) is 13.6. The second-order valence-electron chi connectivity index (χ2n) is 11.4. The summed E-state index contributed by atoms with van der Waals surface area (Å²) in [4.78, 5) is 16.4. The Morgan fingerprint density at radius 3 is 2.34 bits per heavy atom. The predicted molar refractivity (Wildman–Crippen MR) is 174 cm³/mol. The van der Waals surface area contributed by atoms with Crippen molar-refractivity contribution >= 4 is 44.8 Å². The van der Waals surface area contributed by atoms with Crippen LogP contribution in [-0.4, -0.2) is 43.2 Å². The van der Waals surface area contributed by atoms with Gasteiger partial charge in [0, 0.05) is 16.0 Å². The summed E-state index contributed by atoms with van der Waals surface area (Å²) in [6, 6.07) is 19.2. The molecule has 0 spiro atoms. The Hall–Kier alpha value is -2.91. The number of amides is 1. The van der Waals surface area contributed by atoms with Crippen molar-refractivity contribution in [3.05, 3.63) is 112 Å². The third-order valence-electron chi connectivity index (χ3n) is 8.35. The number of benzene rings is 3. The van der Waals surface area contributed by atoms with Gasteiger partial charge in [0.05, 0.1) is 29.6 Å². The van der Waals surface area contributed by atoms with Crippen molar-refractivity contribution < 1.29 is 22.3 Å². The van der Waals surface area contributed by atoms with E-state index in [4.69, 9.17) is 27.9 Å². The van der Waals surface area contributed by atoms with Gasteiger partial charge in [-0.15, -0.1) is 0 Å². The molecule has 1 aliphatic carbocycles. The van der Waals surface area contributed by atoms with E-state index in [2.05, 4.69) is 0 Å². The number of rotatable bonds is 11. The molecule has 5 atom stereocenters. The molecule has 3 aromatic carbocycles. The average molecular weight is 660 g/mol. The molecule has 2 aliphatic rings. The van der Waals surface area contributed by atoms with Gasteiger partial charge in [0.15, 0.2) is 0 Å². The fraction of sp³-hybridized carbons (Fsp3) is 0.382. The molecule has 6 nitrogen and oxygen atoms in total. The molecule has 234 valence electrons. The predicted octanol–water partition coefficient (Wildman–Crippen LogP) is 8.13. The number of ether oxygens (including phenoxy) is 1. The van der Waals surface area contributed by atoms with Crippen LogP contribution in [0.25, 0.3) is 0 Å². The van der Waals surface area contributed by atoms with Crippen LogP contribution in [0.5, 0.6) is 0 Å². The zero-order valence-electron chi connectivity index (χ0n) is 24.9. The van der Waals surface area contributed by atoms with Crippen LogP contribution in [0.3, 0.4) is 0 Å². The Morgan fingerprint density at radius 2 is 1.73 bits per heavy atom. The van der Waals surface area contributed by atoms with Crippen LogP contribution < -0.4 is 4.31 Å². The van der Waals surface area contributed by atoms with E-state index in [-0.39, 0.29) is 24.1 Å². The average Bonchev–Trinajstić information content (AvgIpc) is 3.86.